The number of hydrogen-bond donors (Lipinski definition) is 1. The third-order valence-corrected chi connectivity index (χ3v) is 2.82. The van der Waals surface area contributed by atoms with Crippen LogP contribution in [0.5, 0.6) is 5.75 Å². The molecule has 0 aromatic heterocycles. The molecule has 14 heavy (non-hydrogen) atoms. The molecule has 1 fully saturated rings. The van der Waals surface area contributed by atoms with E-state index in [1.54, 1.807) is 0 Å². The molecule has 2 N–H and O–H groups in total. The number of ether oxygens (including phenoxy) is 1. The predicted molar refractivity (Wildman–Crippen MR) is 57.3 cm³/mol. The molecular formula is C12H17NO. The van der Waals surface area contributed by atoms with E-state index in [1.807, 2.05) is 12.1 Å². The van der Waals surface area contributed by atoms with Crippen LogP contribution in [0.25, 0.3) is 0 Å². The Labute approximate surface area is 85.1 Å². The number of nitrogens with two attached hydrogens (primary N) is 1. The third-order valence-electron chi connectivity index (χ3n) is 2.82. The summed E-state index contributed by atoms with van der Waals surface area (Å²) >= 11 is 0. The van der Waals surface area contributed by atoms with Gasteiger partial charge in [0, 0.05) is 6.54 Å². The van der Waals surface area contributed by atoms with Gasteiger partial charge in [-0.25, -0.2) is 0 Å². The lowest BCUT2D eigenvalue weighted by atomic mass is 9.96. The first-order chi connectivity index (χ1) is 6.79. The van der Waals surface area contributed by atoms with E-state index in [-0.39, 0.29) is 0 Å². The first-order valence-electron chi connectivity index (χ1n) is 5.26. The average molecular weight is 191 g/mol. The van der Waals surface area contributed by atoms with Crippen molar-refractivity contribution in [3.05, 3.63) is 29.3 Å². The largest absolute Gasteiger partial charge is 0.490 e. The van der Waals surface area contributed by atoms with Crippen molar-refractivity contribution in [3.8, 4) is 5.75 Å². The van der Waals surface area contributed by atoms with E-state index in [1.165, 1.54) is 30.4 Å². The zero-order valence-electron chi connectivity index (χ0n) is 8.62. The van der Waals surface area contributed by atoms with Gasteiger partial charge in [-0.3, -0.25) is 0 Å². The number of rotatable bonds is 3. The van der Waals surface area contributed by atoms with Gasteiger partial charge in [0.2, 0.25) is 0 Å². The fourth-order valence-electron chi connectivity index (χ4n) is 1.64. The van der Waals surface area contributed by atoms with E-state index in [4.69, 9.17) is 10.5 Å². The van der Waals surface area contributed by atoms with E-state index in [2.05, 4.69) is 13.0 Å². The van der Waals surface area contributed by atoms with Gasteiger partial charge < -0.3 is 10.5 Å². The Kier molecular flexibility index (Phi) is 2.73. The van der Waals surface area contributed by atoms with Crippen LogP contribution in [0, 0.1) is 6.92 Å². The average Bonchev–Trinajstić information content (AvgIpc) is 2.13. The van der Waals surface area contributed by atoms with Crippen molar-refractivity contribution in [2.24, 2.45) is 5.73 Å². The van der Waals surface area contributed by atoms with Crippen molar-refractivity contribution in [1.82, 2.24) is 0 Å². The third kappa shape index (κ3) is 1.90. The van der Waals surface area contributed by atoms with E-state index < -0.39 is 0 Å². The van der Waals surface area contributed by atoms with Crippen molar-refractivity contribution in [2.75, 3.05) is 0 Å². The van der Waals surface area contributed by atoms with Gasteiger partial charge in [-0.1, -0.05) is 12.1 Å². The fraction of sp³-hybridized carbons (Fsp3) is 0.500. The predicted octanol–water partition coefficient (Wildman–Crippen LogP) is 2.39. The van der Waals surface area contributed by atoms with Crippen molar-refractivity contribution >= 4 is 0 Å². The van der Waals surface area contributed by atoms with Crippen molar-refractivity contribution in [2.45, 2.75) is 38.8 Å². The smallest absolute Gasteiger partial charge is 0.122 e. The minimum absolute atomic E-state index is 0.456. The first kappa shape index (κ1) is 9.53. The van der Waals surface area contributed by atoms with Crippen LogP contribution in [0.2, 0.25) is 0 Å². The van der Waals surface area contributed by atoms with Crippen molar-refractivity contribution in [3.63, 3.8) is 0 Å². The standard InChI is InChI=1S/C12H17NO/c1-9-7-10(8-13)5-6-12(9)14-11-3-2-4-11/h5-7,11H,2-4,8,13H2,1H3. The van der Waals surface area contributed by atoms with Gasteiger partial charge >= 0.3 is 0 Å². The maximum absolute atomic E-state index is 5.84. The zero-order valence-corrected chi connectivity index (χ0v) is 8.62. The van der Waals surface area contributed by atoms with Gasteiger partial charge in [0.05, 0.1) is 6.10 Å². The highest BCUT2D eigenvalue weighted by atomic mass is 16.5. The van der Waals surface area contributed by atoms with Gasteiger partial charge in [-0.05, 0) is 43.4 Å². The van der Waals surface area contributed by atoms with Crippen molar-refractivity contribution < 1.29 is 4.74 Å². The Bertz CT molecular complexity index is 318. The highest BCUT2D eigenvalue weighted by molar-refractivity contribution is 5.36. The van der Waals surface area contributed by atoms with Crippen molar-refractivity contribution in [1.29, 1.82) is 0 Å². The molecule has 1 aliphatic rings. The highest BCUT2D eigenvalue weighted by Gasteiger charge is 2.19. The van der Waals surface area contributed by atoms with Gasteiger partial charge in [-0.2, -0.15) is 0 Å². The summed E-state index contributed by atoms with van der Waals surface area (Å²) in [5.41, 5.74) is 7.93. The molecule has 1 aromatic rings. The quantitative estimate of drug-likeness (QED) is 0.796. The lowest BCUT2D eigenvalue weighted by molar-refractivity contribution is 0.119. The summed E-state index contributed by atoms with van der Waals surface area (Å²) in [5.74, 6) is 1.02. The fourth-order valence-corrected chi connectivity index (χ4v) is 1.64. The topological polar surface area (TPSA) is 35.2 Å². The monoisotopic (exact) mass is 191 g/mol. The van der Waals surface area contributed by atoms with E-state index in [9.17, 15) is 0 Å². The molecule has 0 spiro atoms. The van der Waals surface area contributed by atoms with Gasteiger partial charge in [-0.15, -0.1) is 0 Å². The summed E-state index contributed by atoms with van der Waals surface area (Å²) in [7, 11) is 0. The molecule has 0 unspecified atom stereocenters. The number of aryl methyl sites for hydroxylation is 1. The summed E-state index contributed by atoms with van der Waals surface area (Å²) in [6.45, 7) is 2.68. The van der Waals surface area contributed by atoms with E-state index in [0.29, 0.717) is 12.6 Å². The zero-order chi connectivity index (χ0) is 9.97. The summed E-state index contributed by atoms with van der Waals surface area (Å²) in [5, 5.41) is 0. The van der Waals surface area contributed by atoms with E-state index in [0.717, 1.165) is 5.75 Å². The lowest BCUT2D eigenvalue weighted by Crippen LogP contribution is -2.24. The minimum Gasteiger partial charge on any atom is -0.490 e. The second-order valence-corrected chi connectivity index (χ2v) is 3.97. The molecule has 0 aliphatic heterocycles. The molecule has 0 heterocycles. The second kappa shape index (κ2) is 4.01. The molecule has 0 amide bonds. The minimum atomic E-state index is 0.456. The Balaban J connectivity index is 2.09. The molecule has 0 radical (unpaired) electrons. The van der Waals surface area contributed by atoms with Crippen LogP contribution in [-0.2, 0) is 6.54 Å². The molecule has 0 saturated heterocycles. The molecule has 1 saturated carbocycles. The van der Waals surface area contributed by atoms with Gasteiger partial charge in [0.15, 0.2) is 0 Å². The van der Waals surface area contributed by atoms with Crippen LogP contribution in [-0.4, -0.2) is 6.10 Å². The number of benzene rings is 1. The van der Waals surface area contributed by atoms with Crippen LogP contribution in [0.3, 0.4) is 0 Å². The maximum atomic E-state index is 5.84. The van der Waals surface area contributed by atoms with Gasteiger partial charge in [0.25, 0.3) is 0 Å². The lowest BCUT2D eigenvalue weighted by Gasteiger charge is -2.27. The molecule has 1 aliphatic carbocycles. The second-order valence-electron chi connectivity index (χ2n) is 3.97. The van der Waals surface area contributed by atoms with Crippen LogP contribution in [0.4, 0.5) is 0 Å². The Morgan fingerprint density at radius 3 is 2.71 bits per heavy atom. The Morgan fingerprint density at radius 1 is 1.43 bits per heavy atom. The number of hydrogen-bond acceptors (Lipinski definition) is 2. The van der Waals surface area contributed by atoms with E-state index >= 15 is 0 Å². The molecule has 2 rings (SSSR count). The van der Waals surface area contributed by atoms with Crippen LogP contribution in [0.1, 0.15) is 30.4 Å². The molecule has 76 valence electrons. The Morgan fingerprint density at radius 2 is 2.21 bits per heavy atom. The van der Waals surface area contributed by atoms with Crippen LogP contribution in [0.15, 0.2) is 18.2 Å². The SMILES string of the molecule is Cc1cc(CN)ccc1OC1CCC1. The molecule has 2 heteroatoms. The van der Waals surface area contributed by atoms with Crippen LogP contribution < -0.4 is 10.5 Å². The highest BCUT2D eigenvalue weighted by Crippen LogP contribution is 2.27. The molecule has 1 aromatic carbocycles. The van der Waals surface area contributed by atoms with Crippen LogP contribution >= 0.6 is 0 Å². The summed E-state index contributed by atoms with van der Waals surface area (Å²) in [6.07, 6.45) is 4.18. The molecule has 0 atom stereocenters. The Hall–Kier alpha value is -1.02. The summed E-state index contributed by atoms with van der Waals surface area (Å²) in [6, 6.07) is 6.19. The molecular weight excluding hydrogens is 174 g/mol. The molecule has 2 nitrogen and oxygen atoms in total. The summed E-state index contributed by atoms with van der Waals surface area (Å²) < 4.78 is 5.84. The summed E-state index contributed by atoms with van der Waals surface area (Å²) in [4.78, 5) is 0. The maximum Gasteiger partial charge on any atom is 0.122 e. The first-order valence-corrected chi connectivity index (χ1v) is 5.26. The van der Waals surface area contributed by atoms with Gasteiger partial charge in [0.1, 0.15) is 5.75 Å². The molecule has 0 bridgehead atoms. The normalized spacial score (nSPS) is 16.4.